The van der Waals surface area contributed by atoms with Crippen molar-refractivity contribution >= 4 is 5.97 Å². The fourth-order valence-corrected chi connectivity index (χ4v) is 0.508. The minimum absolute atomic E-state index is 0.262. The van der Waals surface area contributed by atoms with Crippen LogP contribution >= 0.6 is 0 Å². The van der Waals surface area contributed by atoms with Crippen molar-refractivity contribution in [2.45, 2.75) is 13.8 Å². The van der Waals surface area contributed by atoms with Crippen LogP contribution in [0.3, 0.4) is 0 Å². The van der Waals surface area contributed by atoms with E-state index in [0.717, 1.165) is 5.57 Å². The molecule has 0 fully saturated rings. The molecule has 0 aromatic rings. The van der Waals surface area contributed by atoms with Crippen molar-refractivity contribution in [3.05, 3.63) is 36.5 Å². The van der Waals surface area contributed by atoms with E-state index in [1.165, 1.54) is 12.2 Å². The molecule has 66 valence electrons. The largest absolute Gasteiger partial charge is 0.458 e. The number of carbonyl (C=O) groups excluding carboxylic acids is 1. The number of hydrogen-bond donors (Lipinski definition) is 0. The van der Waals surface area contributed by atoms with Gasteiger partial charge < -0.3 is 4.74 Å². The Balaban J connectivity index is 3.76. The standard InChI is InChI=1S/C10H14O2/c1-4-8-12-10(11)7-5-6-9(2)3/h4-7H,1,8H2,2-3H3/b7-5+. The van der Waals surface area contributed by atoms with Crippen LogP contribution in [0.4, 0.5) is 0 Å². The Morgan fingerprint density at radius 3 is 2.67 bits per heavy atom. The molecule has 0 radical (unpaired) electrons. The Morgan fingerprint density at radius 2 is 2.17 bits per heavy atom. The first-order chi connectivity index (χ1) is 5.66. The predicted octanol–water partition coefficient (Wildman–Crippen LogP) is 2.24. The molecule has 0 atom stereocenters. The van der Waals surface area contributed by atoms with Gasteiger partial charge in [-0.3, -0.25) is 0 Å². The number of ether oxygens (including phenoxy) is 1. The van der Waals surface area contributed by atoms with Gasteiger partial charge >= 0.3 is 5.97 Å². The molecule has 0 aliphatic rings. The van der Waals surface area contributed by atoms with Gasteiger partial charge in [-0.1, -0.05) is 30.4 Å². The normalized spacial score (nSPS) is 9.50. The van der Waals surface area contributed by atoms with E-state index < -0.39 is 0 Å². The first-order valence-electron chi connectivity index (χ1n) is 3.76. The molecule has 0 aliphatic heterocycles. The highest BCUT2D eigenvalue weighted by Crippen LogP contribution is 1.89. The fourth-order valence-electron chi connectivity index (χ4n) is 0.508. The van der Waals surface area contributed by atoms with Crippen LogP contribution in [-0.2, 0) is 9.53 Å². The van der Waals surface area contributed by atoms with Gasteiger partial charge in [0.05, 0.1) is 0 Å². The lowest BCUT2D eigenvalue weighted by atomic mass is 10.3. The first kappa shape index (κ1) is 10.7. The molecule has 0 unspecified atom stereocenters. The first-order valence-corrected chi connectivity index (χ1v) is 3.76. The van der Waals surface area contributed by atoms with Crippen molar-refractivity contribution in [2.75, 3.05) is 6.61 Å². The van der Waals surface area contributed by atoms with Crippen LogP contribution in [-0.4, -0.2) is 12.6 Å². The zero-order valence-electron chi connectivity index (χ0n) is 7.54. The number of esters is 1. The van der Waals surface area contributed by atoms with Gasteiger partial charge in [0.2, 0.25) is 0 Å². The second-order valence-electron chi connectivity index (χ2n) is 2.52. The molecular formula is C10H14O2. The lowest BCUT2D eigenvalue weighted by Gasteiger charge is -1.93. The van der Waals surface area contributed by atoms with Gasteiger partial charge in [0.1, 0.15) is 6.61 Å². The van der Waals surface area contributed by atoms with E-state index in [-0.39, 0.29) is 12.6 Å². The van der Waals surface area contributed by atoms with Crippen molar-refractivity contribution in [1.82, 2.24) is 0 Å². The van der Waals surface area contributed by atoms with Gasteiger partial charge in [-0.15, -0.1) is 0 Å². The Hall–Kier alpha value is -1.31. The summed E-state index contributed by atoms with van der Waals surface area (Å²) in [6.07, 6.45) is 6.43. The van der Waals surface area contributed by atoms with E-state index in [0.29, 0.717) is 0 Å². The number of allylic oxidation sites excluding steroid dienone is 3. The molecule has 0 bridgehead atoms. The summed E-state index contributed by atoms with van der Waals surface area (Å²) < 4.78 is 4.70. The molecule has 0 rings (SSSR count). The highest BCUT2D eigenvalue weighted by molar-refractivity contribution is 5.82. The summed E-state index contributed by atoms with van der Waals surface area (Å²) in [5.74, 6) is -0.340. The smallest absolute Gasteiger partial charge is 0.331 e. The van der Waals surface area contributed by atoms with E-state index in [2.05, 4.69) is 6.58 Å². The average Bonchev–Trinajstić information content (AvgIpc) is 2.00. The molecular weight excluding hydrogens is 152 g/mol. The molecule has 0 amide bonds. The van der Waals surface area contributed by atoms with Crippen LogP contribution in [0.1, 0.15) is 13.8 Å². The van der Waals surface area contributed by atoms with Gasteiger partial charge in [0.15, 0.2) is 0 Å². The monoisotopic (exact) mass is 166 g/mol. The van der Waals surface area contributed by atoms with E-state index >= 15 is 0 Å². The maximum Gasteiger partial charge on any atom is 0.331 e. The topological polar surface area (TPSA) is 26.3 Å². The summed E-state index contributed by atoms with van der Waals surface area (Å²) in [5.41, 5.74) is 1.14. The summed E-state index contributed by atoms with van der Waals surface area (Å²) in [6, 6.07) is 0. The maximum atomic E-state index is 10.8. The van der Waals surface area contributed by atoms with Crippen molar-refractivity contribution in [2.24, 2.45) is 0 Å². The Morgan fingerprint density at radius 1 is 1.50 bits per heavy atom. The SMILES string of the molecule is C=CCOC(=O)/C=C/C=C(C)C. The van der Waals surface area contributed by atoms with Crippen LogP contribution in [0.25, 0.3) is 0 Å². The summed E-state index contributed by atoms with van der Waals surface area (Å²) in [5, 5.41) is 0. The maximum absolute atomic E-state index is 10.8. The van der Waals surface area contributed by atoms with Crippen molar-refractivity contribution in [3.63, 3.8) is 0 Å². The van der Waals surface area contributed by atoms with Crippen molar-refractivity contribution < 1.29 is 9.53 Å². The molecule has 0 saturated carbocycles. The molecule has 0 saturated heterocycles. The van der Waals surface area contributed by atoms with Crippen LogP contribution in [0, 0.1) is 0 Å². The van der Waals surface area contributed by atoms with Gasteiger partial charge in [-0.2, -0.15) is 0 Å². The van der Waals surface area contributed by atoms with E-state index in [1.54, 1.807) is 6.08 Å². The minimum Gasteiger partial charge on any atom is -0.458 e. The van der Waals surface area contributed by atoms with E-state index in [9.17, 15) is 4.79 Å². The van der Waals surface area contributed by atoms with Gasteiger partial charge in [0, 0.05) is 6.08 Å². The van der Waals surface area contributed by atoms with E-state index in [4.69, 9.17) is 4.74 Å². The highest BCUT2D eigenvalue weighted by atomic mass is 16.5. The fraction of sp³-hybridized carbons (Fsp3) is 0.300. The highest BCUT2D eigenvalue weighted by Gasteiger charge is 1.90. The number of hydrogen-bond acceptors (Lipinski definition) is 2. The number of rotatable bonds is 4. The molecule has 0 aliphatic carbocycles. The van der Waals surface area contributed by atoms with Crippen LogP contribution in [0.15, 0.2) is 36.5 Å². The van der Waals surface area contributed by atoms with Gasteiger partial charge in [-0.25, -0.2) is 4.79 Å². The molecule has 0 spiro atoms. The van der Waals surface area contributed by atoms with Crippen LogP contribution in [0.5, 0.6) is 0 Å². The third-order valence-corrected chi connectivity index (χ3v) is 1.01. The summed E-state index contributed by atoms with van der Waals surface area (Å²) in [6.45, 7) is 7.61. The lowest BCUT2D eigenvalue weighted by molar-refractivity contribution is -0.136. The lowest BCUT2D eigenvalue weighted by Crippen LogP contribution is -1.99. The quantitative estimate of drug-likeness (QED) is 0.277. The van der Waals surface area contributed by atoms with Crippen LogP contribution < -0.4 is 0 Å². The number of carbonyl (C=O) groups is 1. The molecule has 2 heteroatoms. The minimum atomic E-state index is -0.340. The molecule has 0 aromatic heterocycles. The molecule has 12 heavy (non-hydrogen) atoms. The Bertz CT molecular complexity index is 208. The van der Waals surface area contributed by atoms with Crippen molar-refractivity contribution in [1.29, 1.82) is 0 Å². The summed E-state index contributed by atoms with van der Waals surface area (Å²) in [4.78, 5) is 10.8. The van der Waals surface area contributed by atoms with Crippen LogP contribution in [0.2, 0.25) is 0 Å². The third kappa shape index (κ3) is 6.81. The van der Waals surface area contributed by atoms with Gasteiger partial charge in [0.25, 0.3) is 0 Å². The molecule has 0 N–H and O–H groups in total. The van der Waals surface area contributed by atoms with Crippen molar-refractivity contribution in [3.8, 4) is 0 Å². The zero-order chi connectivity index (χ0) is 9.40. The predicted molar refractivity (Wildman–Crippen MR) is 49.7 cm³/mol. The second kappa shape index (κ2) is 6.40. The third-order valence-electron chi connectivity index (χ3n) is 1.01. The molecule has 2 nitrogen and oxygen atoms in total. The second-order valence-corrected chi connectivity index (χ2v) is 2.52. The molecule has 0 aromatic carbocycles. The summed E-state index contributed by atoms with van der Waals surface area (Å²) >= 11 is 0. The summed E-state index contributed by atoms with van der Waals surface area (Å²) in [7, 11) is 0. The Labute approximate surface area is 73.2 Å². The average molecular weight is 166 g/mol. The molecule has 0 heterocycles. The van der Waals surface area contributed by atoms with Gasteiger partial charge in [-0.05, 0) is 13.8 Å². The Kier molecular flexibility index (Phi) is 5.70. The van der Waals surface area contributed by atoms with E-state index in [1.807, 2.05) is 19.9 Å². The zero-order valence-corrected chi connectivity index (χ0v) is 7.54.